The molecule has 0 saturated carbocycles. The Bertz CT molecular complexity index is 343. The van der Waals surface area contributed by atoms with Crippen molar-refractivity contribution in [2.45, 2.75) is 36.2 Å². The molecule has 2 saturated heterocycles. The first-order valence-corrected chi connectivity index (χ1v) is 5.84. The van der Waals surface area contributed by atoms with Crippen LogP contribution >= 0.6 is 11.8 Å². The molecule has 5 unspecified atom stereocenters. The summed E-state index contributed by atoms with van der Waals surface area (Å²) in [5.74, 6) is 0. The third kappa shape index (κ3) is 1.89. The molecular weight excluding hydrogens is 230 g/mol. The van der Waals surface area contributed by atoms with Crippen LogP contribution in [0, 0.1) is 11.3 Å². The third-order valence-electron chi connectivity index (χ3n) is 2.71. The summed E-state index contributed by atoms with van der Waals surface area (Å²) in [5.41, 5.74) is -0.296. The number of nitrogens with zero attached hydrogens (tertiary/aromatic N) is 2. The Morgan fingerprint density at radius 1 is 1.56 bits per heavy atom. The van der Waals surface area contributed by atoms with E-state index in [1.807, 2.05) is 6.07 Å². The van der Waals surface area contributed by atoms with Gasteiger partial charge in [-0.1, -0.05) is 11.8 Å². The summed E-state index contributed by atoms with van der Waals surface area (Å²) in [6, 6.07) is 1.57. The Morgan fingerprint density at radius 3 is 2.94 bits per heavy atom. The smallest absolute Gasteiger partial charge is 0.159 e. The van der Waals surface area contributed by atoms with Gasteiger partial charge in [0, 0.05) is 7.05 Å². The Morgan fingerprint density at radius 2 is 2.31 bits per heavy atom. The van der Waals surface area contributed by atoms with Crippen molar-refractivity contribution in [3.63, 3.8) is 0 Å². The number of aliphatic hydroxyl groups is 2. The normalized spacial score (nSPS) is 44.9. The zero-order valence-electron chi connectivity index (χ0n) is 8.70. The summed E-state index contributed by atoms with van der Waals surface area (Å²) in [6.45, 7) is 0. The van der Waals surface area contributed by atoms with Crippen LogP contribution in [-0.2, 0) is 4.74 Å². The number of aliphatic imine (C=N–C) groups is 1. The minimum Gasteiger partial charge on any atom is -0.388 e. The molecule has 2 fully saturated rings. The molecule has 0 aromatic rings. The summed E-state index contributed by atoms with van der Waals surface area (Å²) in [5, 5.41) is 31.9. The first-order chi connectivity index (χ1) is 7.67. The molecule has 0 radical (unpaired) electrons. The average Bonchev–Trinajstić information content (AvgIpc) is 2.69. The highest BCUT2D eigenvalue weighted by atomic mass is 32.2. The fourth-order valence-electron chi connectivity index (χ4n) is 1.85. The Balaban J connectivity index is 2.12. The van der Waals surface area contributed by atoms with Crippen LogP contribution in [0.15, 0.2) is 4.99 Å². The van der Waals surface area contributed by atoms with Crippen molar-refractivity contribution in [3.8, 4) is 6.07 Å². The van der Waals surface area contributed by atoms with Crippen molar-refractivity contribution in [2.75, 3.05) is 7.05 Å². The molecule has 0 spiro atoms. The molecule has 0 bridgehead atoms. The van der Waals surface area contributed by atoms with Gasteiger partial charge in [-0.05, 0) is 0 Å². The van der Waals surface area contributed by atoms with Crippen LogP contribution in [0.2, 0.25) is 0 Å². The molecule has 2 aliphatic rings. The van der Waals surface area contributed by atoms with Crippen LogP contribution in [0.5, 0.6) is 0 Å². The van der Waals surface area contributed by atoms with Gasteiger partial charge in [-0.15, -0.1) is 0 Å². The molecule has 2 aliphatic heterocycles. The maximum absolute atomic E-state index is 9.89. The second kappa shape index (κ2) is 4.59. The fraction of sp³-hybridized carbons (Fsp3) is 0.778. The predicted molar refractivity (Wildman–Crippen MR) is 58.8 cm³/mol. The standard InChI is InChI=1S/C9H13N3O3S/c1-11-9-12-5-7(14)6(13)4(2-3-10)15-8(5)16-9/h4-8,13-14H,2H2,1H3,(H,11,12). The van der Waals surface area contributed by atoms with E-state index in [1.54, 1.807) is 7.05 Å². The number of rotatable bonds is 1. The average molecular weight is 243 g/mol. The van der Waals surface area contributed by atoms with Crippen molar-refractivity contribution in [1.29, 1.82) is 5.26 Å². The van der Waals surface area contributed by atoms with Gasteiger partial charge in [0.25, 0.3) is 0 Å². The first kappa shape index (κ1) is 11.7. The van der Waals surface area contributed by atoms with E-state index in [-0.39, 0.29) is 17.9 Å². The van der Waals surface area contributed by atoms with Gasteiger partial charge >= 0.3 is 0 Å². The highest BCUT2D eigenvalue weighted by molar-refractivity contribution is 8.14. The van der Waals surface area contributed by atoms with Crippen molar-refractivity contribution in [3.05, 3.63) is 0 Å². The molecule has 3 N–H and O–H groups in total. The maximum Gasteiger partial charge on any atom is 0.159 e. The molecule has 6 nitrogen and oxygen atoms in total. The third-order valence-corrected chi connectivity index (χ3v) is 3.87. The van der Waals surface area contributed by atoms with Crippen molar-refractivity contribution in [2.24, 2.45) is 4.99 Å². The van der Waals surface area contributed by atoms with E-state index in [0.29, 0.717) is 5.17 Å². The molecule has 0 aromatic heterocycles. The van der Waals surface area contributed by atoms with Crippen LogP contribution in [0.3, 0.4) is 0 Å². The van der Waals surface area contributed by atoms with Gasteiger partial charge in [0.05, 0.1) is 18.5 Å². The molecule has 5 atom stereocenters. The monoisotopic (exact) mass is 243 g/mol. The Labute approximate surface area is 97.3 Å². The number of nitriles is 1. The molecule has 88 valence electrons. The van der Waals surface area contributed by atoms with Crippen molar-refractivity contribution in [1.82, 2.24) is 5.32 Å². The number of hydrogen-bond donors (Lipinski definition) is 3. The van der Waals surface area contributed by atoms with E-state index < -0.39 is 18.3 Å². The van der Waals surface area contributed by atoms with Crippen molar-refractivity contribution >= 4 is 16.9 Å². The lowest BCUT2D eigenvalue weighted by atomic mass is 9.96. The SMILES string of the molecule is CN=C1NC2C(OC(CC#N)C(O)C2O)S1. The summed E-state index contributed by atoms with van der Waals surface area (Å²) in [6.07, 6.45) is -2.54. The Hall–Kier alpha value is -0.810. The number of amidine groups is 1. The molecule has 2 heterocycles. The zero-order chi connectivity index (χ0) is 11.7. The minimum absolute atomic E-state index is 0.0700. The number of ether oxygens (including phenoxy) is 1. The second-order valence-corrected chi connectivity index (χ2v) is 4.79. The molecular formula is C9H13N3O3S. The summed E-state index contributed by atoms with van der Waals surface area (Å²) < 4.78 is 5.55. The first-order valence-electron chi connectivity index (χ1n) is 4.96. The lowest BCUT2D eigenvalue weighted by molar-refractivity contribution is -0.153. The molecule has 0 aromatic carbocycles. The molecule has 0 aliphatic carbocycles. The van der Waals surface area contributed by atoms with Gasteiger partial charge in [0.2, 0.25) is 0 Å². The largest absolute Gasteiger partial charge is 0.388 e. The summed E-state index contributed by atoms with van der Waals surface area (Å²) >= 11 is 1.37. The van der Waals surface area contributed by atoms with E-state index in [1.165, 1.54) is 11.8 Å². The second-order valence-electron chi connectivity index (χ2n) is 3.70. The van der Waals surface area contributed by atoms with Gasteiger partial charge in [-0.2, -0.15) is 5.26 Å². The van der Waals surface area contributed by atoms with E-state index in [0.717, 1.165) is 0 Å². The van der Waals surface area contributed by atoms with Crippen LogP contribution in [0.1, 0.15) is 6.42 Å². The van der Waals surface area contributed by atoms with Gasteiger partial charge in [-0.3, -0.25) is 4.99 Å². The lowest BCUT2D eigenvalue weighted by Crippen LogP contribution is -2.58. The number of fused-ring (bicyclic) bond motifs is 1. The van der Waals surface area contributed by atoms with Gasteiger partial charge in [0.1, 0.15) is 23.7 Å². The van der Waals surface area contributed by atoms with Gasteiger partial charge < -0.3 is 20.3 Å². The zero-order valence-corrected chi connectivity index (χ0v) is 9.52. The van der Waals surface area contributed by atoms with Crippen LogP contribution < -0.4 is 5.32 Å². The van der Waals surface area contributed by atoms with Crippen LogP contribution in [0.25, 0.3) is 0 Å². The van der Waals surface area contributed by atoms with E-state index in [2.05, 4.69) is 10.3 Å². The van der Waals surface area contributed by atoms with Crippen LogP contribution in [-0.4, -0.2) is 52.2 Å². The topological polar surface area (TPSA) is 97.9 Å². The lowest BCUT2D eigenvalue weighted by Gasteiger charge is -2.38. The predicted octanol–water partition coefficient (Wildman–Crippen LogP) is -0.962. The number of hydrogen-bond acceptors (Lipinski definition) is 6. The van der Waals surface area contributed by atoms with Gasteiger partial charge in [0.15, 0.2) is 5.17 Å². The van der Waals surface area contributed by atoms with E-state index in [4.69, 9.17) is 10.00 Å². The minimum atomic E-state index is -1.04. The number of aliphatic hydroxyl groups excluding tert-OH is 2. The Kier molecular flexibility index (Phi) is 3.35. The highest BCUT2D eigenvalue weighted by Crippen LogP contribution is 2.34. The number of nitrogens with one attached hydrogen (secondary N) is 1. The highest BCUT2D eigenvalue weighted by Gasteiger charge is 2.48. The number of thioether (sulfide) groups is 1. The molecule has 16 heavy (non-hydrogen) atoms. The maximum atomic E-state index is 9.89. The molecule has 7 heteroatoms. The summed E-state index contributed by atoms with van der Waals surface area (Å²) in [4.78, 5) is 3.97. The fourth-order valence-corrected chi connectivity index (χ4v) is 2.95. The van der Waals surface area contributed by atoms with Gasteiger partial charge in [-0.25, -0.2) is 0 Å². The molecule has 0 amide bonds. The van der Waals surface area contributed by atoms with Crippen LogP contribution in [0.4, 0.5) is 0 Å². The van der Waals surface area contributed by atoms with E-state index >= 15 is 0 Å². The summed E-state index contributed by atoms with van der Waals surface area (Å²) in [7, 11) is 1.64. The van der Waals surface area contributed by atoms with E-state index in [9.17, 15) is 10.2 Å². The quantitative estimate of drug-likeness (QED) is 0.548. The molecule has 2 rings (SSSR count). The van der Waals surface area contributed by atoms with Crippen molar-refractivity contribution < 1.29 is 14.9 Å².